The van der Waals surface area contributed by atoms with E-state index < -0.39 is 0 Å². The first-order valence-electron chi connectivity index (χ1n) is 5.24. The van der Waals surface area contributed by atoms with Crippen molar-refractivity contribution in [3.05, 3.63) is 16.1 Å². The van der Waals surface area contributed by atoms with Gasteiger partial charge in [0.05, 0.1) is 13.2 Å². The second-order valence-electron chi connectivity index (χ2n) is 3.19. The van der Waals surface area contributed by atoms with Crippen LogP contribution in [0.2, 0.25) is 0 Å². The van der Waals surface area contributed by atoms with E-state index in [0.717, 1.165) is 11.4 Å². The lowest BCUT2D eigenvalue weighted by atomic mass is 10.4. The standard InChI is InChI=1S/C10H17N3O2S/c1-2-8-5-13-10(16-8)6-12-9(14)7-15-4-3-11/h5H,2-4,6-7,11H2,1H3,(H,12,14). The Kier molecular flexibility index (Phi) is 5.99. The molecule has 3 N–H and O–H groups in total. The van der Waals surface area contributed by atoms with Crippen LogP contribution < -0.4 is 11.1 Å². The van der Waals surface area contributed by atoms with Crippen LogP contribution in [0.5, 0.6) is 0 Å². The van der Waals surface area contributed by atoms with Crippen molar-refractivity contribution in [2.24, 2.45) is 5.73 Å². The number of thiazole rings is 1. The number of nitrogens with zero attached hydrogens (tertiary/aromatic N) is 1. The SMILES string of the molecule is CCc1cnc(CNC(=O)COCCN)s1. The van der Waals surface area contributed by atoms with Crippen LogP contribution in [0, 0.1) is 0 Å². The summed E-state index contributed by atoms with van der Waals surface area (Å²) in [6, 6.07) is 0. The molecule has 0 aliphatic carbocycles. The van der Waals surface area contributed by atoms with E-state index in [1.807, 2.05) is 6.20 Å². The maximum absolute atomic E-state index is 11.3. The van der Waals surface area contributed by atoms with Crippen LogP contribution in [-0.2, 0) is 22.5 Å². The van der Waals surface area contributed by atoms with Gasteiger partial charge in [0.1, 0.15) is 11.6 Å². The summed E-state index contributed by atoms with van der Waals surface area (Å²) in [6.07, 6.45) is 2.82. The van der Waals surface area contributed by atoms with Gasteiger partial charge in [0, 0.05) is 17.6 Å². The molecule has 1 rings (SSSR count). The molecule has 0 aliphatic heterocycles. The Balaban J connectivity index is 2.20. The molecular weight excluding hydrogens is 226 g/mol. The van der Waals surface area contributed by atoms with Crippen LogP contribution in [0.15, 0.2) is 6.20 Å². The summed E-state index contributed by atoms with van der Waals surface area (Å²) in [5.74, 6) is -0.137. The molecule has 0 radical (unpaired) electrons. The molecule has 5 nitrogen and oxygen atoms in total. The second-order valence-corrected chi connectivity index (χ2v) is 4.39. The van der Waals surface area contributed by atoms with Gasteiger partial charge in [-0.15, -0.1) is 11.3 Å². The van der Waals surface area contributed by atoms with Crippen LogP contribution >= 0.6 is 11.3 Å². The second kappa shape index (κ2) is 7.32. The average molecular weight is 243 g/mol. The molecular formula is C10H17N3O2S. The maximum Gasteiger partial charge on any atom is 0.246 e. The van der Waals surface area contributed by atoms with Crippen molar-refractivity contribution in [3.8, 4) is 0 Å². The van der Waals surface area contributed by atoms with E-state index in [9.17, 15) is 4.79 Å². The van der Waals surface area contributed by atoms with E-state index >= 15 is 0 Å². The molecule has 6 heteroatoms. The molecule has 0 aliphatic rings. The van der Waals surface area contributed by atoms with Crippen molar-refractivity contribution in [2.45, 2.75) is 19.9 Å². The first-order chi connectivity index (χ1) is 7.76. The van der Waals surface area contributed by atoms with Crippen molar-refractivity contribution in [1.82, 2.24) is 10.3 Å². The average Bonchev–Trinajstić information content (AvgIpc) is 2.74. The lowest BCUT2D eigenvalue weighted by Crippen LogP contribution is -2.28. The molecule has 0 fully saturated rings. The highest BCUT2D eigenvalue weighted by molar-refractivity contribution is 7.11. The molecule has 0 saturated carbocycles. The number of nitrogens with two attached hydrogens (primary N) is 1. The number of carbonyl (C=O) groups excluding carboxylic acids is 1. The lowest BCUT2D eigenvalue weighted by Gasteiger charge is -2.03. The summed E-state index contributed by atoms with van der Waals surface area (Å²) in [6.45, 7) is 3.44. The van der Waals surface area contributed by atoms with E-state index in [-0.39, 0.29) is 12.5 Å². The van der Waals surface area contributed by atoms with Gasteiger partial charge in [-0.1, -0.05) is 6.92 Å². The van der Waals surface area contributed by atoms with Crippen LogP contribution in [-0.4, -0.2) is 30.6 Å². The van der Waals surface area contributed by atoms with Gasteiger partial charge in [-0.25, -0.2) is 4.98 Å². The zero-order valence-corrected chi connectivity index (χ0v) is 10.2. The number of hydrogen-bond acceptors (Lipinski definition) is 5. The zero-order chi connectivity index (χ0) is 11.8. The molecule has 1 aromatic rings. The summed E-state index contributed by atoms with van der Waals surface area (Å²) in [5, 5.41) is 3.66. The molecule has 1 aromatic heterocycles. The van der Waals surface area contributed by atoms with Crippen LogP contribution in [0.3, 0.4) is 0 Å². The minimum absolute atomic E-state index is 0.0587. The number of amides is 1. The number of hydrogen-bond donors (Lipinski definition) is 2. The molecule has 0 aromatic carbocycles. The minimum atomic E-state index is -0.137. The third-order valence-corrected chi connectivity index (χ3v) is 3.02. The van der Waals surface area contributed by atoms with E-state index in [2.05, 4.69) is 17.2 Å². The van der Waals surface area contributed by atoms with Crippen molar-refractivity contribution in [3.63, 3.8) is 0 Å². The summed E-state index contributed by atoms with van der Waals surface area (Å²) in [7, 11) is 0. The van der Waals surface area contributed by atoms with E-state index in [4.69, 9.17) is 10.5 Å². The molecule has 0 atom stereocenters. The number of aromatic nitrogens is 1. The predicted molar refractivity (Wildman–Crippen MR) is 63.2 cm³/mol. The molecule has 1 amide bonds. The first-order valence-corrected chi connectivity index (χ1v) is 6.06. The summed E-state index contributed by atoms with van der Waals surface area (Å²) >= 11 is 1.62. The summed E-state index contributed by atoms with van der Waals surface area (Å²) < 4.78 is 5.01. The van der Waals surface area contributed by atoms with Gasteiger partial charge >= 0.3 is 0 Å². The Labute approximate surface area is 99.0 Å². The van der Waals surface area contributed by atoms with Crippen molar-refractivity contribution in [1.29, 1.82) is 0 Å². The van der Waals surface area contributed by atoms with Crippen LogP contribution in [0.1, 0.15) is 16.8 Å². The van der Waals surface area contributed by atoms with Crippen LogP contribution in [0.25, 0.3) is 0 Å². The fourth-order valence-corrected chi connectivity index (χ4v) is 1.87. The van der Waals surface area contributed by atoms with Gasteiger partial charge in [0.15, 0.2) is 0 Å². The third kappa shape index (κ3) is 4.69. The maximum atomic E-state index is 11.3. The quantitative estimate of drug-likeness (QED) is 0.675. The highest BCUT2D eigenvalue weighted by Gasteiger charge is 2.04. The monoisotopic (exact) mass is 243 g/mol. The lowest BCUT2D eigenvalue weighted by molar-refractivity contribution is -0.125. The van der Waals surface area contributed by atoms with Gasteiger partial charge in [-0.3, -0.25) is 4.79 Å². The Morgan fingerprint density at radius 1 is 1.69 bits per heavy atom. The number of rotatable bonds is 7. The van der Waals surface area contributed by atoms with Gasteiger partial charge in [0.2, 0.25) is 5.91 Å². The van der Waals surface area contributed by atoms with Crippen molar-refractivity contribution in [2.75, 3.05) is 19.8 Å². The molecule has 0 bridgehead atoms. The Morgan fingerprint density at radius 2 is 2.50 bits per heavy atom. The fourth-order valence-electron chi connectivity index (χ4n) is 1.07. The molecule has 0 saturated heterocycles. The van der Waals surface area contributed by atoms with Gasteiger partial charge in [0.25, 0.3) is 0 Å². The van der Waals surface area contributed by atoms with Gasteiger partial charge in [-0.05, 0) is 6.42 Å². The number of nitrogens with one attached hydrogen (secondary N) is 1. The van der Waals surface area contributed by atoms with Crippen LogP contribution in [0.4, 0.5) is 0 Å². The Bertz CT molecular complexity index is 328. The normalized spacial score (nSPS) is 10.4. The molecule has 0 spiro atoms. The summed E-state index contributed by atoms with van der Waals surface area (Å²) in [4.78, 5) is 16.7. The van der Waals surface area contributed by atoms with Gasteiger partial charge < -0.3 is 15.8 Å². The highest BCUT2D eigenvalue weighted by atomic mass is 32.1. The van der Waals surface area contributed by atoms with Crippen molar-refractivity contribution >= 4 is 17.2 Å². The fraction of sp³-hybridized carbons (Fsp3) is 0.600. The highest BCUT2D eigenvalue weighted by Crippen LogP contribution is 2.12. The molecule has 1 heterocycles. The zero-order valence-electron chi connectivity index (χ0n) is 9.36. The predicted octanol–water partition coefficient (Wildman–Crippen LogP) is 0.297. The number of carbonyl (C=O) groups is 1. The van der Waals surface area contributed by atoms with E-state index in [1.165, 1.54) is 4.88 Å². The third-order valence-electron chi connectivity index (χ3n) is 1.88. The van der Waals surface area contributed by atoms with E-state index in [1.54, 1.807) is 11.3 Å². The molecule has 0 unspecified atom stereocenters. The minimum Gasteiger partial charge on any atom is -0.370 e. The summed E-state index contributed by atoms with van der Waals surface area (Å²) in [5.41, 5.74) is 5.23. The first kappa shape index (κ1) is 13.1. The van der Waals surface area contributed by atoms with Gasteiger partial charge in [-0.2, -0.15) is 0 Å². The van der Waals surface area contributed by atoms with Crippen molar-refractivity contribution < 1.29 is 9.53 Å². The molecule has 90 valence electrons. The number of aryl methyl sites for hydroxylation is 1. The van der Waals surface area contributed by atoms with E-state index in [0.29, 0.717) is 19.7 Å². The Hall–Kier alpha value is -0.980. The molecule has 16 heavy (non-hydrogen) atoms. The Morgan fingerprint density at radius 3 is 3.12 bits per heavy atom. The topological polar surface area (TPSA) is 77.2 Å². The number of ether oxygens (including phenoxy) is 1. The largest absolute Gasteiger partial charge is 0.370 e. The smallest absolute Gasteiger partial charge is 0.246 e.